The van der Waals surface area contributed by atoms with Crippen LogP contribution < -0.4 is 5.11 Å². The van der Waals surface area contributed by atoms with Crippen LogP contribution in [0.4, 0.5) is 0 Å². The van der Waals surface area contributed by atoms with E-state index in [1.54, 1.807) is 21.1 Å². The van der Waals surface area contributed by atoms with Crippen LogP contribution in [0.15, 0.2) is 24.3 Å². The van der Waals surface area contributed by atoms with Crippen LogP contribution in [-0.4, -0.2) is 75.5 Å². The van der Waals surface area contributed by atoms with Crippen LogP contribution in [0.2, 0.25) is 0 Å². The zero-order valence-corrected chi connectivity index (χ0v) is 33.1. The Morgan fingerprint density at radius 1 is 0.620 bits per heavy atom. The Morgan fingerprint density at radius 3 is 1.64 bits per heavy atom. The number of hydrogen-bond acceptors (Lipinski definition) is 7. The molecule has 0 aliphatic heterocycles. The predicted octanol–water partition coefficient (Wildman–Crippen LogP) is 9.19. The number of carboxylic acid groups (broad SMARTS) is 1. The summed E-state index contributed by atoms with van der Waals surface area (Å²) in [7, 11) is 5.40. The third-order valence-electron chi connectivity index (χ3n) is 9.10. The highest BCUT2D eigenvalue weighted by Crippen LogP contribution is 2.14. The highest BCUT2D eigenvalue weighted by atomic mass is 16.6. The van der Waals surface area contributed by atoms with Gasteiger partial charge in [-0.1, -0.05) is 141 Å². The lowest BCUT2D eigenvalue weighted by Crippen LogP contribution is -2.55. The standard InChI is InChI=1S/C42H77NO7/c1-6-8-10-12-14-16-18-20-21-23-24-26-28-30-32-40(44)49-37-38(36-48-35-34-39(42(46)47)43(3,4)5)50-41(45)33-31-29-27-25-22-19-17-15-13-11-9-7-2/h9,11,15,17,38-39H,6-8,10,12-14,16,18-37H2,1-5H3/b11-9+,17-15+. The molecule has 0 radical (unpaired) electrons. The van der Waals surface area contributed by atoms with E-state index >= 15 is 0 Å². The Morgan fingerprint density at radius 2 is 1.12 bits per heavy atom. The van der Waals surface area contributed by atoms with E-state index in [9.17, 15) is 19.5 Å². The molecule has 0 aromatic carbocycles. The fraction of sp³-hybridized carbons (Fsp3) is 0.833. The molecule has 0 fully saturated rings. The molecule has 0 spiro atoms. The van der Waals surface area contributed by atoms with Crippen LogP contribution in [0.5, 0.6) is 0 Å². The molecule has 2 unspecified atom stereocenters. The van der Waals surface area contributed by atoms with E-state index in [0.29, 0.717) is 12.8 Å². The minimum atomic E-state index is -1.13. The molecule has 0 rings (SSSR count). The summed E-state index contributed by atoms with van der Waals surface area (Å²) in [5.74, 6) is -1.75. The number of nitrogens with zero attached hydrogens (tertiary/aromatic N) is 1. The van der Waals surface area contributed by atoms with Crippen LogP contribution >= 0.6 is 0 Å². The molecular formula is C42H77NO7. The lowest BCUT2D eigenvalue weighted by atomic mass is 10.0. The van der Waals surface area contributed by atoms with Gasteiger partial charge in [0.05, 0.1) is 40.3 Å². The summed E-state index contributed by atoms with van der Waals surface area (Å²) in [6, 6.07) is -0.724. The van der Waals surface area contributed by atoms with Gasteiger partial charge in [0.1, 0.15) is 12.6 Å². The second kappa shape index (κ2) is 33.9. The number of carboxylic acids is 1. The van der Waals surface area contributed by atoms with Crippen LogP contribution in [-0.2, 0) is 28.6 Å². The second-order valence-electron chi connectivity index (χ2n) is 14.8. The van der Waals surface area contributed by atoms with Gasteiger partial charge in [-0.2, -0.15) is 0 Å². The molecule has 0 aromatic rings. The average molecular weight is 708 g/mol. The number of ether oxygens (including phenoxy) is 3. The summed E-state index contributed by atoms with van der Waals surface area (Å²) in [6.45, 7) is 4.54. The molecule has 292 valence electrons. The number of carbonyl (C=O) groups is 3. The minimum absolute atomic E-state index is 0.0382. The molecule has 0 aromatic heterocycles. The van der Waals surface area contributed by atoms with E-state index < -0.39 is 18.1 Å². The second-order valence-corrected chi connectivity index (χ2v) is 14.8. The summed E-state index contributed by atoms with van der Waals surface area (Å²) in [5, 5.41) is 11.6. The predicted molar refractivity (Wildman–Crippen MR) is 204 cm³/mol. The number of hydrogen-bond donors (Lipinski definition) is 0. The molecule has 2 atom stereocenters. The van der Waals surface area contributed by atoms with E-state index in [0.717, 1.165) is 70.6 Å². The van der Waals surface area contributed by atoms with Crippen molar-refractivity contribution in [3.05, 3.63) is 24.3 Å². The molecular weight excluding hydrogens is 630 g/mol. The molecule has 0 heterocycles. The fourth-order valence-corrected chi connectivity index (χ4v) is 5.93. The monoisotopic (exact) mass is 708 g/mol. The van der Waals surface area contributed by atoms with E-state index in [-0.39, 0.29) is 42.7 Å². The summed E-state index contributed by atoms with van der Waals surface area (Å²) < 4.78 is 17.1. The van der Waals surface area contributed by atoms with Crippen molar-refractivity contribution in [2.45, 2.75) is 187 Å². The largest absolute Gasteiger partial charge is 0.544 e. The summed E-state index contributed by atoms with van der Waals surface area (Å²) in [5.41, 5.74) is 0. The Labute approximate surface area is 307 Å². The smallest absolute Gasteiger partial charge is 0.306 e. The van der Waals surface area contributed by atoms with Crippen LogP contribution in [0.3, 0.4) is 0 Å². The van der Waals surface area contributed by atoms with Gasteiger partial charge in [-0.15, -0.1) is 0 Å². The number of quaternary nitrogens is 1. The maximum absolute atomic E-state index is 12.6. The van der Waals surface area contributed by atoms with Crippen molar-refractivity contribution in [3.8, 4) is 0 Å². The first kappa shape index (κ1) is 47.8. The SMILES string of the molecule is CC/C=C/C/C=C/CCCCCCCC(=O)OC(COCCC(C(=O)[O-])[N+](C)(C)C)COC(=O)CCCCCCCCCCCCCCCC. The molecule has 8 heteroatoms. The highest BCUT2D eigenvalue weighted by Gasteiger charge is 2.25. The van der Waals surface area contributed by atoms with Gasteiger partial charge in [0, 0.05) is 19.3 Å². The van der Waals surface area contributed by atoms with Crippen LogP contribution in [0, 0.1) is 0 Å². The summed E-state index contributed by atoms with van der Waals surface area (Å²) >= 11 is 0. The Hall–Kier alpha value is -2.19. The summed E-state index contributed by atoms with van der Waals surface area (Å²) in [4.78, 5) is 36.7. The highest BCUT2D eigenvalue weighted by molar-refractivity contribution is 5.70. The summed E-state index contributed by atoms with van der Waals surface area (Å²) in [6.07, 6.45) is 34.8. The molecule has 0 amide bonds. The third kappa shape index (κ3) is 31.8. The topological polar surface area (TPSA) is 102 Å². The van der Waals surface area contributed by atoms with Gasteiger partial charge in [-0.3, -0.25) is 9.59 Å². The number of unbranched alkanes of at least 4 members (excludes halogenated alkanes) is 18. The average Bonchev–Trinajstić information content (AvgIpc) is 3.06. The van der Waals surface area contributed by atoms with Gasteiger partial charge in [0.25, 0.3) is 0 Å². The maximum Gasteiger partial charge on any atom is 0.306 e. The number of esters is 2. The lowest BCUT2D eigenvalue weighted by molar-refractivity contribution is -0.889. The van der Waals surface area contributed by atoms with Gasteiger partial charge in [-0.25, -0.2) is 0 Å². The van der Waals surface area contributed by atoms with E-state index in [2.05, 4.69) is 38.2 Å². The van der Waals surface area contributed by atoms with Crippen molar-refractivity contribution < 1.29 is 38.2 Å². The Bertz CT molecular complexity index is 880. The number of carbonyl (C=O) groups excluding carboxylic acids is 3. The van der Waals surface area contributed by atoms with E-state index in [1.165, 1.54) is 70.6 Å². The molecule has 0 aliphatic carbocycles. The van der Waals surface area contributed by atoms with Crippen molar-refractivity contribution in [3.63, 3.8) is 0 Å². The normalized spacial score (nSPS) is 13.2. The molecule has 0 N–H and O–H groups in total. The third-order valence-corrected chi connectivity index (χ3v) is 9.10. The van der Waals surface area contributed by atoms with Crippen LogP contribution in [0.25, 0.3) is 0 Å². The van der Waals surface area contributed by atoms with Crippen molar-refractivity contribution in [1.29, 1.82) is 0 Å². The minimum Gasteiger partial charge on any atom is -0.544 e. The molecule has 0 saturated heterocycles. The Balaban J connectivity index is 4.38. The van der Waals surface area contributed by atoms with Gasteiger partial charge in [0.2, 0.25) is 0 Å². The molecule has 50 heavy (non-hydrogen) atoms. The Kier molecular flexibility index (Phi) is 32.4. The van der Waals surface area contributed by atoms with Gasteiger partial charge in [-0.05, 0) is 38.5 Å². The molecule has 8 nitrogen and oxygen atoms in total. The van der Waals surface area contributed by atoms with Crippen molar-refractivity contribution in [2.24, 2.45) is 0 Å². The lowest BCUT2D eigenvalue weighted by Gasteiger charge is -2.34. The van der Waals surface area contributed by atoms with Gasteiger partial charge >= 0.3 is 11.9 Å². The number of likely N-dealkylation sites (N-methyl/N-ethyl adjacent to an activating group) is 1. The maximum atomic E-state index is 12.6. The zero-order chi connectivity index (χ0) is 37.1. The molecule has 0 bridgehead atoms. The van der Waals surface area contributed by atoms with Crippen molar-refractivity contribution in [1.82, 2.24) is 0 Å². The van der Waals surface area contributed by atoms with Crippen LogP contribution in [0.1, 0.15) is 174 Å². The molecule has 0 aliphatic rings. The number of rotatable bonds is 36. The van der Waals surface area contributed by atoms with E-state index in [4.69, 9.17) is 14.2 Å². The number of aliphatic carboxylic acids is 1. The van der Waals surface area contributed by atoms with Crippen molar-refractivity contribution >= 4 is 17.9 Å². The fourth-order valence-electron chi connectivity index (χ4n) is 5.93. The zero-order valence-electron chi connectivity index (χ0n) is 33.1. The first-order chi connectivity index (χ1) is 24.1. The molecule has 0 saturated carbocycles. The first-order valence-electron chi connectivity index (χ1n) is 20.4. The van der Waals surface area contributed by atoms with Crippen molar-refractivity contribution in [2.75, 3.05) is 41.0 Å². The van der Waals surface area contributed by atoms with Gasteiger partial charge in [0.15, 0.2) is 6.10 Å². The first-order valence-corrected chi connectivity index (χ1v) is 20.4. The van der Waals surface area contributed by atoms with Gasteiger partial charge < -0.3 is 28.6 Å². The quantitative estimate of drug-likeness (QED) is 0.0277. The van der Waals surface area contributed by atoms with E-state index in [1.807, 2.05) is 0 Å². The number of allylic oxidation sites excluding steroid dienone is 4.